The number of non-ortho nitro benzene ring substituents is 1. The van der Waals surface area contributed by atoms with Gasteiger partial charge in [0.05, 0.1) is 4.92 Å². The van der Waals surface area contributed by atoms with E-state index in [1.54, 1.807) is 17.0 Å². The van der Waals surface area contributed by atoms with E-state index >= 15 is 0 Å². The van der Waals surface area contributed by atoms with Crippen molar-refractivity contribution in [2.24, 2.45) is 0 Å². The van der Waals surface area contributed by atoms with E-state index in [0.717, 1.165) is 25.7 Å². The minimum absolute atomic E-state index is 0.00460. The van der Waals surface area contributed by atoms with E-state index in [-0.39, 0.29) is 23.7 Å². The lowest BCUT2D eigenvalue weighted by Gasteiger charge is -2.30. The summed E-state index contributed by atoms with van der Waals surface area (Å²) in [6.45, 7) is 1.49. The number of carbonyl (C=O) groups is 1. The van der Waals surface area contributed by atoms with Crippen LogP contribution in [0.5, 0.6) is 0 Å². The molecule has 0 spiro atoms. The highest BCUT2D eigenvalue weighted by atomic mass is 16.6. The van der Waals surface area contributed by atoms with E-state index in [2.05, 4.69) is 10.1 Å². The molecule has 0 unspecified atom stereocenters. The number of rotatable bonds is 4. The highest BCUT2D eigenvalue weighted by molar-refractivity contribution is 5.90. The Morgan fingerprint density at radius 2 is 1.92 bits per heavy atom. The van der Waals surface area contributed by atoms with E-state index < -0.39 is 4.92 Å². The fraction of sp³-hybridized carbons (Fsp3) is 0.438. The molecule has 1 aromatic carbocycles. The maximum absolute atomic E-state index is 12.0. The maximum Gasteiger partial charge on any atom is 0.331 e. The number of hydrogen-bond donors (Lipinski definition) is 0. The zero-order chi connectivity index (χ0) is 17.1. The molecule has 1 aliphatic rings. The quantitative estimate of drug-likeness (QED) is 0.629. The van der Waals surface area contributed by atoms with Crippen LogP contribution in [0.3, 0.4) is 0 Å². The van der Waals surface area contributed by atoms with Crippen LogP contribution in [0.2, 0.25) is 0 Å². The molecule has 1 heterocycles. The summed E-state index contributed by atoms with van der Waals surface area (Å²) in [6.07, 6.45) is 5.19. The van der Waals surface area contributed by atoms with Crippen LogP contribution in [0.1, 0.15) is 39.0 Å². The van der Waals surface area contributed by atoms with Crippen molar-refractivity contribution in [3.63, 3.8) is 0 Å². The molecule has 1 aromatic heterocycles. The predicted molar refractivity (Wildman–Crippen MR) is 86.4 cm³/mol. The summed E-state index contributed by atoms with van der Waals surface area (Å²) in [5, 5.41) is 14.6. The van der Waals surface area contributed by atoms with Gasteiger partial charge in [0.15, 0.2) is 0 Å². The Hall–Kier alpha value is -2.77. The molecule has 0 N–H and O–H groups in total. The van der Waals surface area contributed by atoms with Crippen LogP contribution in [0.25, 0.3) is 11.4 Å². The van der Waals surface area contributed by atoms with Gasteiger partial charge in [-0.3, -0.25) is 19.8 Å². The van der Waals surface area contributed by atoms with Gasteiger partial charge in [-0.05, 0) is 25.0 Å². The van der Waals surface area contributed by atoms with Crippen LogP contribution < -0.4 is 4.90 Å². The Balaban J connectivity index is 1.84. The van der Waals surface area contributed by atoms with Crippen LogP contribution in [0, 0.1) is 10.1 Å². The molecule has 0 saturated heterocycles. The number of nitro groups is 1. The van der Waals surface area contributed by atoms with Crippen molar-refractivity contribution in [3.05, 3.63) is 34.4 Å². The van der Waals surface area contributed by atoms with Crippen molar-refractivity contribution >= 4 is 17.6 Å². The number of carbonyl (C=O) groups excluding carboxylic acids is 1. The fourth-order valence-corrected chi connectivity index (χ4v) is 3.05. The van der Waals surface area contributed by atoms with Crippen LogP contribution in [-0.4, -0.2) is 27.0 Å². The number of nitrogens with zero attached hydrogens (tertiary/aromatic N) is 4. The van der Waals surface area contributed by atoms with Gasteiger partial charge < -0.3 is 4.52 Å². The van der Waals surface area contributed by atoms with Gasteiger partial charge in [-0.1, -0.05) is 24.4 Å². The molecule has 8 heteroatoms. The van der Waals surface area contributed by atoms with Crippen molar-refractivity contribution < 1.29 is 14.2 Å². The summed E-state index contributed by atoms with van der Waals surface area (Å²) >= 11 is 0. The SMILES string of the molecule is CC(=O)N(c1nc(-c2ccc([N+](=O)[O-])cc2)no1)C1CCCCC1. The summed E-state index contributed by atoms with van der Waals surface area (Å²) in [6, 6.07) is 6.16. The van der Waals surface area contributed by atoms with Crippen molar-refractivity contribution in [1.82, 2.24) is 10.1 Å². The van der Waals surface area contributed by atoms with Gasteiger partial charge >= 0.3 is 6.01 Å². The molecule has 3 rings (SSSR count). The number of nitro benzene ring substituents is 1. The van der Waals surface area contributed by atoms with E-state index in [0.29, 0.717) is 11.4 Å². The molecule has 1 fully saturated rings. The number of hydrogen-bond acceptors (Lipinski definition) is 6. The van der Waals surface area contributed by atoms with E-state index in [4.69, 9.17) is 4.52 Å². The van der Waals surface area contributed by atoms with Gasteiger partial charge in [0.25, 0.3) is 5.69 Å². The number of anilines is 1. The number of benzene rings is 1. The monoisotopic (exact) mass is 330 g/mol. The average molecular weight is 330 g/mol. The first kappa shape index (κ1) is 16.1. The third kappa shape index (κ3) is 3.27. The molecule has 8 nitrogen and oxygen atoms in total. The molecule has 1 aliphatic carbocycles. The fourth-order valence-electron chi connectivity index (χ4n) is 3.05. The summed E-state index contributed by atoms with van der Waals surface area (Å²) < 4.78 is 5.28. The second-order valence-corrected chi connectivity index (χ2v) is 5.89. The second kappa shape index (κ2) is 6.77. The molecule has 2 aromatic rings. The molecule has 1 amide bonds. The van der Waals surface area contributed by atoms with Crippen LogP contribution in [0.15, 0.2) is 28.8 Å². The topological polar surface area (TPSA) is 102 Å². The molecule has 0 aliphatic heterocycles. The van der Waals surface area contributed by atoms with Gasteiger partial charge in [-0.15, -0.1) is 0 Å². The minimum atomic E-state index is -0.466. The van der Waals surface area contributed by atoms with Crippen molar-refractivity contribution in [2.45, 2.75) is 45.1 Å². The van der Waals surface area contributed by atoms with Gasteiger partial charge in [0.1, 0.15) is 0 Å². The zero-order valence-electron chi connectivity index (χ0n) is 13.3. The smallest absolute Gasteiger partial charge is 0.314 e. The molecular weight excluding hydrogens is 312 g/mol. The summed E-state index contributed by atoms with van der Waals surface area (Å²) in [7, 11) is 0. The van der Waals surface area contributed by atoms with Crippen LogP contribution in [-0.2, 0) is 4.79 Å². The molecule has 1 saturated carbocycles. The maximum atomic E-state index is 12.0. The number of amides is 1. The summed E-state index contributed by atoms with van der Waals surface area (Å²) in [5.41, 5.74) is 0.595. The lowest BCUT2D eigenvalue weighted by molar-refractivity contribution is -0.384. The zero-order valence-corrected chi connectivity index (χ0v) is 13.3. The Labute approximate surface area is 138 Å². The molecule has 0 radical (unpaired) electrons. The van der Waals surface area contributed by atoms with Crippen LogP contribution >= 0.6 is 0 Å². The average Bonchev–Trinajstić information content (AvgIpc) is 3.05. The first-order valence-electron chi connectivity index (χ1n) is 7.94. The first-order valence-corrected chi connectivity index (χ1v) is 7.94. The van der Waals surface area contributed by atoms with E-state index in [1.807, 2.05) is 0 Å². The molecule has 126 valence electrons. The molecule has 0 bridgehead atoms. The van der Waals surface area contributed by atoms with Gasteiger partial charge in [0, 0.05) is 30.7 Å². The molecule has 0 atom stereocenters. The Bertz CT molecular complexity index is 735. The molecular formula is C16H18N4O4. The summed E-state index contributed by atoms with van der Waals surface area (Å²) in [4.78, 5) is 28.1. The van der Waals surface area contributed by atoms with E-state index in [9.17, 15) is 14.9 Å². The normalized spacial score (nSPS) is 15.2. The minimum Gasteiger partial charge on any atom is -0.314 e. The highest BCUT2D eigenvalue weighted by Crippen LogP contribution is 2.28. The van der Waals surface area contributed by atoms with Gasteiger partial charge in [-0.25, -0.2) is 0 Å². The Morgan fingerprint density at radius 3 is 2.50 bits per heavy atom. The third-order valence-corrected chi connectivity index (χ3v) is 4.24. The van der Waals surface area contributed by atoms with Gasteiger partial charge in [0.2, 0.25) is 11.7 Å². The second-order valence-electron chi connectivity index (χ2n) is 5.89. The van der Waals surface area contributed by atoms with Gasteiger partial charge in [-0.2, -0.15) is 4.98 Å². The Kier molecular flexibility index (Phi) is 4.54. The third-order valence-electron chi connectivity index (χ3n) is 4.24. The lowest BCUT2D eigenvalue weighted by Crippen LogP contribution is -2.40. The first-order chi connectivity index (χ1) is 11.6. The molecule has 24 heavy (non-hydrogen) atoms. The van der Waals surface area contributed by atoms with Crippen molar-refractivity contribution in [1.29, 1.82) is 0 Å². The van der Waals surface area contributed by atoms with Crippen molar-refractivity contribution in [2.75, 3.05) is 4.90 Å². The largest absolute Gasteiger partial charge is 0.331 e. The standard InChI is InChI=1S/C16H18N4O4/c1-11(21)19(13-5-3-2-4-6-13)16-17-15(18-24-16)12-7-9-14(10-8-12)20(22)23/h7-10,13H,2-6H2,1H3. The summed E-state index contributed by atoms with van der Waals surface area (Å²) in [5.74, 6) is 0.183. The van der Waals surface area contributed by atoms with Crippen LogP contribution in [0.4, 0.5) is 11.7 Å². The lowest BCUT2D eigenvalue weighted by atomic mass is 9.94. The predicted octanol–water partition coefficient (Wildman–Crippen LogP) is 3.33. The Morgan fingerprint density at radius 1 is 1.25 bits per heavy atom. The van der Waals surface area contributed by atoms with E-state index in [1.165, 1.54) is 25.5 Å². The number of aromatic nitrogens is 2. The highest BCUT2D eigenvalue weighted by Gasteiger charge is 2.29. The van der Waals surface area contributed by atoms with Crippen molar-refractivity contribution in [3.8, 4) is 11.4 Å².